The molecule has 0 aliphatic rings. The van der Waals surface area contributed by atoms with Crippen molar-refractivity contribution in [3.05, 3.63) is 66.1 Å². The van der Waals surface area contributed by atoms with E-state index >= 15 is 0 Å². The molecule has 0 radical (unpaired) electrons. The van der Waals surface area contributed by atoms with Gasteiger partial charge in [0.05, 0.1) is 12.0 Å². The number of furan rings is 1. The molecule has 1 aromatic heterocycles. The van der Waals surface area contributed by atoms with Gasteiger partial charge in [-0.3, -0.25) is 0 Å². The summed E-state index contributed by atoms with van der Waals surface area (Å²) < 4.78 is 28.5. The summed E-state index contributed by atoms with van der Waals surface area (Å²) in [6.07, 6.45) is 6.17. The average molecular weight is 290 g/mol. The van der Waals surface area contributed by atoms with Crippen LogP contribution >= 0.6 is 0 Å². The highest BCUT2D eigenvalue weighted by Gasteiger charge is 2.08. The first-order valence-corrected chi connectivity index (χ1v) is 7.57. The maximum Gasteiger partial charge on any atom is 0.251 e. The van der Waals surface area contributed by atoms with Gasteiger partial charge in [0, 0.05) is 6.21 Å². The smallest absolute Gasteiger partial charge is 0.251 e. The third-order valence-corrected chi connectivity index (χ3v) is 3.45. The first kappa shape index (κ1) is 14.1. The molecule has 5 nitrogen and oxygen atoms in total. The van der Waals surface area contributed by atoms with E-state index in [1.807, 2.05) is 6.07 Å². The number of hydrogen-bond acceptors (Lipinski definition) is 4. The van der Waals surface area contributed by atoms with Gasteiger partial charge in [-0.15, -0.1) is 0 Å². The van der Waals surface area contributed by atoms with Gasteiger partial charge in [0.25, 0.3) is 10.0 Å². The number of hydrazone groups is 1. The fraction of sp³-hybridized carbons (Fsp3) is 0.0714. The molecule has 0 saturated carbocycles. The Morgan fingerprint density at radius 1 is 1.15 bits per heavy atom. The molecule has 1 aromatic carbocycles. The molecule has 2 rings (SSSR count). The zero-order valence-electron chi connectivity index (χ0n) is 10.6. The van der Waals surface area contributed by atoms with E-state index in [1.54, 1.807) is 54.8 Å². The van der Waals surface area contributed by atoms with Crippen LogP contribution in [0.1, 0.15) is 11.3 Å². The molecular formula is C14H14N2O3S. The standard InChI is InChI=1S/C14H14N2O3S/c17-20(18,12-13-6-2-1-3-7-13)16-15-10-4-8-14-9-5-11-19-14/h1-11,16H,12H2/b8-4+,15-10+. The van der Waals surface area contributed by atoms with Crippen molar-refractivity contribution in [2.45, 2.75) is 5.75 Å². The molecule has 0 atom stereocenters. The molecule has 20 heavy (non-hydrogen) atoms. The maximum atomic E-state index is 11.7. The van der Waals surface area contributed by atoms with Crippen LogP contribution in [-0.4, -0.2) is 14.6 Å². The molecule has 1 heterocycles. The van der Waals surface area contributed by atoms with Gasteiger partial charge in [-0.25, -0.2) is 13.2 Å². The zero-order valence-corrected chi connectivity index (χ0v) is 11.5. The van der Waals surface area contributed by atoms with Crippen molar-refractivity contribution in [3.8, 4) is 0 Å². The quantitative estimate of drug-likeness (QED) is 0.656. The second kappa shape index (κ2) is 6.72. The fourth-order valence-electron chi connectivity index (χ4n) is 1.50. The topological polar surface area (TPSA) is 71.7 Å². The lowest BCUT2D eigenvalue weighted by Gasteiger charge is -2.02. The average Bonchev–Trinajstić information content (AvgIpc) is 2.92. The number of sulfonamides is 1. The van der Waals surface area contributed by atoms with Gasteiger partial charge in [-0.2, -0.15) is 5.10 Å². The Labute approximate surface area is 117 Å². The number of nitrogens with one attached hydrogen (secondary N) is 1. The molecule has 104 valence electrons. The lowest BCUT2D eigenvalue weighted by molar-refractivity contribution is 0.557. The van der Waals surface area contributed by atoms with Crippen molar-refractivity contribution in [3.63, 3.8) is 0 Å². The van der Waals surface area contributed by atoms with Crippen LogP contribution < -0.4 is 4.83 Å². The Morgan fingerprint density at radius 3 is 2.65 bits per heavy atom. The van der Waals surface area contributed by atoms with Crippen LogP contribution in [0.5, 0.6) is 0 Å². The molecule has 0 amide bonds. The highest BCUT2D eigenvalue weighted by atomic mass is 32.2. The Hall–Kier alpha value is -2.34. The van der Waals surface area contributed by atoms with Gasteiger partial charge >= 0.3 is 0 Å². The highest BCUT2D eigenvalue weighted by Crippen LogP contribution is 2.04. The second-order valence-corrected chi connectivity index (χ2v) is 5.69. The van der Waals surface area contributed by atoms with E-state index < -0.39 is 10.0 Å². The van der Waals surface area contributed by atoms with E-state index in [1.165, 1.54) is 6.21 Å². The predicted octanol–water partition coefficient (Wildman–Crippen LogP) is 2.40. The van der Waals surface area contributed by atoms with E-state index in [4.69, 9.17) is 4.42 Å². The SMILES string of the molecule is O=S(=O)(Cc1ccccc1)N/N=C/C=C/c1ccco1. The predicted molar refractivity (Wildman–Crippen MR) is 78.4 cm³/mol. The number of hydrogen-bond donors (Lipinski definition) is 1. The minimum absolute atomic E-state index is 0.104. The fourth-order valence-corrected chi connectivity index (χ4v) is 2.42. The van der Waals surface area contributed by atoms with Crippen LogP contribution in [0.4, 0.5) is 0 Å². The molecule has 0 bridgehead atoms. The van der Waals surface area contributed by atoms with Gasteiger partial charge in [0.1, 0.15) is 5.76 Å². The van der Waals surface area contributed by atoms with Gasteiger partial charge in [0.15, 0.2) is 0 Å². The van der Waals surface area contributed by atoms with Gasteiger partial charge < -0.3 is 4.42 Å². The molecule has 0 aliphatic heterocycles. The van der Waals surface area contributed by atoms with E-state index in [-0.39, 0.29) is 5.75 Å². The summed E-state index contributed by atoms with van der Waals surface area (Å²) in [7, 11) is -3.47. The molecular weight excluding hydrogens is 276 g/mol. The number of benzene rings is 1. The van der Waals surface area contributed by atoms with Gasteiger partial charge in [-0.05, 0) is 29.8 Å². The summed E-state index contributed by atoms with van der Waals surface area (Å²) in [5, 5.41) is 3.65. The van der Waals surface area contributed by atoms with Gasteiger partial charge in [0.2, 0.25) is 0 Å². The third kappa shape index (κ3) is 4.74. The number of rotatable bonds is 6. The monoisotopic (exact) mass is 290 g/mol. The van der Waals surface area contributed by atoms with Crippen molar-refractivity contribution in [2.24, 2.45) is 5.10 Å². The number of allylic oxidation sites excluding steroid dienone is 1. The molecule has 1 N–H and O–H groups in total. The Kier molecular flexibility index (Phi) is 4.73. The Morgan fingerprint density at radius 2 is 1.95 bits per heavy atom. The molecule has 0 fully saturated rings. The molecule has 6 heteroatoms. The van der Waals surface area contributed by atoms with Crippen LogP contribution in [0.15, 0.2) is 64.3 Å². The maximum absolute atomic E-state index is 11.7. The minimum Gasteiger partial charge on any atom is -0.465 e. The summed E-state index contributed by atoms with van der Waals surface area (Å²) in [4.78, 5) is 2.15. The third-order valence-electron chi connectivity index (χ3n) is 2.36. The zero-order chi connectivity index (χ0) is 14.3. The molecule has 2 aromatic rings. The second-order valence-electron chi connectivity index (χ2n) is 3.99. The lowest BCUT2D eigenvalue weighted by atomic mass is 10.2. The summed E-state index contributed by atoms with van der Waals surface area (Å²) in [5.41, 5.74) is 0.710. The Balaban J connectivity index is 1.86. The minimum atomic E-state index is -3.47. The van der Waals surface area contributed by atoms with E-state index in [0.29, 0.717) is 11.3 Å². The molecule has 0 aliphatic carbocycles. The number of nitrogens with zero attached hydrogens (tertiary/aromatic N) is 1. The first-order valence-electron chi connectivity index (χ1n) is 5.92. The summed E-state index contributed by atoms with van der Waals surface area (Å²) >= 11 is 0. The van der Waals surface area contributed by atoms with Crippen molar-refractivity contribution in [1.29, 1.82) is 0 Å². The molecule has 0 unspecified atom stereocenters. The Bertz CT molecular complexity index is 674. The molecule has 0 spiro atoms. The van der Waals surface area contributed by atoms with Crippen LogP contribution in [-0.2, 0) is 15.8 Å². The summed E-state index contributed by atoms with van der Waals surface area (Å²) in [6, 6.07) is 12.5. The van der Waals surface area contributed by atoms with Crippen molar-refractivity contribution in [1.82, 2.24) is 4.83 Å². The van der Waals surface area contributed by atoms with E-state index in [9.17, 15) is 8.42 Å². The van der Waals surface area contributed by atoms with Crippen LogP contribution in [0.2, 0.25) is 0 Å². The van der Waals surface area contributed by atoms with E-state index in [2.05, 4.69) is 9.93 Å². The van der Waals surface area contributed by atoms with Crippen LogP contribution in [0, 0.1) is 0 Å². The van der Waals surface area contributed by atoms with Crippen molar-refractivity contribution in [2.75, 3.05) is 0 Å². The molecule has 0 saturated heterocycles. The van der Waals surface area contributed by atoms with Crippen LogP contribution in [0.25, 0.3) is 6.08 Å². The van der Waals surface area contributed by atoms with E-state index in [0.717, 1.165) is 0 Å². The van der Waals surface area contributed by atoms with Crippen molar-refractivity contribution >= 4 is 22.3 Å². The van der Waals surface area contributed by atoms with Crippen molar-refractivity contribution < 1.29 is 12.8 Å². The lowest BCUT2D eigenvalue weighted by Crippen LogP contribution is -2.19. The highest BCUT2D eigenvalue weighted by molar-refractivity contribution is 7.88. The van der Waals surface area contributed by atoms with Crippen LogP contribution in [0.3, 0.4) is 0 Å². The van der Waals surface area contributed by atoms with Gasteiger partial charge in [-0.1, -0.05) is 30.3 Å². The first-order chi connectivity index (χ1) is 9.66. The summed E-state index contributed by atoms with van der Waals surface area (Å²) in [6.45, 7) is 0. The largest absolute Gasteiger partial charge is 0.465 e. The normalized spacial score (nSPS) is 12.2. The summed E-state index contributed by atoms with van der Waals surface area (Å²) in [5.74, 6) is 0.566.